The first kappa shape index (κ1) is 18.5. The zero-order valence-corrected chi connectivity index (χ0v) is 17.1. The maximum atomic E-state index is 12.8. The van der Waals surface area contributed by atoms with E-state index in [1.165, 1.54) is 17.4 Å². The second kappa shape index (κ2) is 6.65. The maximum absolute atomic E-state index is 12.8. The van der Waals surface area contributed by atoms with Gasteiger partial charge in [0.15, 0.2) is 15.0 Å². The van der Waals surface area contributed by atoms with Crippen molar-refractivity contribution in [2.45, 2.75) is 18.7 Å². The summed E-state index contributed by atoms with van der Waals surface area (Å²) in [5, 5.41) is 4.12. The van der Waals surface area contributed by atoms with Gasteiger partial charge in [-0.05, 0) is 50.2 Å². The highest BCUT2D eigenvalue weighted by Crippen LogP contribution is 2.29. The number of rotatable bonds is 3. The molecule has 4 rings (SSSR count). The molecular formula is C20H17N3O3S2. The van der Waals surface area contributed by atoms with E-state index in [0.717, 1.165) is 22.7 Å². The topological polar surface area (TPSA) is 89.0 Å². The third kappa shape index (κ3) is 3.48. The van der Waals surface area contributed by atoms with Crippen LogP contribution in [0.15, 0.2) is 47.4 Å². The SMILES string of the molecule is Cc1ccc2nc(C)c(C(=O)Nc3nc4ccc(S(C)(=O)=O)cc4s3)cc2c1. The number of hydrogen-bond acceptors (Lipinski definition) is 6. The number of sulfone groups is 1. The Bertz CT molecular complexity index is 1360. The van der Waals surface area contributed by atoms with Crippen LogP contribution in [0.5, 0.6) is 0 Å². The number of anilines is 1. The summed E-state index contributed by atoms with van der Waals surface area (Å²) in [5.41, 5.74) is 3.69. The molecule has 0 atom stereocenters. The summed E-state index contributed by atoms with van der Waals surface area (Å²) in [5.74, 6) is -0.296. The van der Waals surface area contributed by atoms with Gasteiger partial charge in [0.1, 0.15) is 0 Å². The van der Waals surface area contributed by atoms with Crippen LogP contribution < -0.4 is 5.32 Å². The number of pyridine rings is 1. The summed E-state index contributed by atoms with van der Waals surface area (Å²) >= 11 is 1.23. The number of nitrogens with zero attached hydrogens (tertiary/aromatic N) is 2. The van der Waals surface area contributed by atoms with E-state index in [-0.39, 0.29) is 10.8 Å². The molecule has 1 N–H and O–H groups in total. The normalized spacial score (nSPS) is 11.8. The fourth-order valence-corrected chi connectivity index (χ4v) is 4.60. The lowest BCUT2D eigenvalue weighted by Gasteiger charge is -2.07. The lowest BCUT2D eigenvalue weighted by molar-refractivity contribution is 0.102. The molecule has 0 unspecified atom stereocenters. The number of fused-ring (bicyclic) bond motifs is 2. The van der Waals surface area contributed by atoms with E-state index in [1.54, 1.807) is 19.1 Å². The Balaban J connectivity index is 1.68. The Morgan fingerprint density at radius 3 is 2.50 bits per heavy atom. The lowest BCUT2D eigenvalue weighted by Crippen LogP contribution is -2.14. The van der Waals surface area contributed by atoms with Crippen molar-refractivity contribution in [3.05, 3.63) is 59.3 Å². The third-order valence-electron chi connectivity index (χ3n) is 4.41. The smallest absolute Gasteiger partial charge is 0.259 e. The number of benzene rings is 2. The molecule has 0 bridgehead atoms. The molecule has 2 aromatic carbocycles. The summed E-state index contributed by atoms with van der Waals surface area (Å²) in [6.45, 7) is 3.79. The molecular weight excluding hydrogens is 394 g/mol. The summed E-state index contributed by atoms with van der Waals surface area (Å²) in [6, 6.07) is 12.5. The van der Waals surface area contributed by atoms with Gasteiger partial charge in [-0.25, -0.2) is 13.4 Å². The average molecular weight is 412 g/mol. The molecule has 2 heterocycles. The Labute approximate surface area is 166 Å². The zero-order valence-electron chi connectivity index (χ0n) is 15.5. The first-order chi connectivity index (χ1) is 13.2. The Morgan fingerprint density at radius 2 is 1.75 bits per heavy atom. The van der Waals surface area contributed by atoms with Crippen LogP contribution in [0.25, 0.3) is 21.1 Å². The molecule has 0 aliphatic heterocycles. The number of carbonyl (C=O) groups excluding carboxylic acids is 1. The van der Waals surface area contributed by atoms with E-state index in [1.807, 2.05) is 31.2 Å². The number of aryl methyl sites for hydroxylation is 2. The van der Waals surface area contributed by atoms with Crippen LogP contribution in [0.1, 0.15) is 21.6 Å². The molecule has 142 valence electrons. The summed E-state index contributed by atoms with van der Waals surface area (Å²) < 4.78 is 24.1. The molecule has 4 aromatic rings. The Hall–Kier alpha value is -2.84. The zero-order chi connectivity index (χ0) is 20.1. The minimum absolute atomic E-state index is 0.228. The van der Waals surface area contributed by atoms with Gasteiger partial charge in [0, 0.05) is 11.6 Å². The molecule has 0 aliphatic rings. The fourth-order valence-electron chi connectivity index (χ4n) is 2.98. The molecule has 6 nitrogen and oxygen atoms in total. The van der Waals surface area contributed by atoms with Crippen molar-refractivity contribution >= 4 is 53.3 Å². The van der Waals surface area contributed by atoms with Crippen LogP contribution in [-0.2, 0) is 9.84 Å². The van der Waals surface area contributed by atoms with Crippen molar-refractivity contribution in [1.82, 2.24) is 9.97 Å². The predicted molar refractivity (Wildman–Crippen MR) is 112 cm³/mol. The molecule has 28 heavy (non-hydrogen) atoms. The van der Waals surface area contributed by atoms with E-state index >= 15 is 0 Å². The van der Waals surface area contributed by atoms with Gasteiger partial charge in [-0.1, -0.05) is 23.0 Å². The summed E-state index contributed by atoms with van der Waals surface area (Å²) in [6.07, 6.45) is 1.16. The molecule has 1 amide bonds. The van der Waals surface area contributed by atoms with Gasteiger partial charge < -0.3 is 0 Å². The molecule has 8 heteroatoms. The standard InChI is InChI=1S/C20H17N3O3S2/c1-11-4-6-16-13(8-11)9-15(12(2)21-16)19(24)23-20-22-17-7-5-14(28(3,25)26)10-18(17)27-20/h4-10H,1-3H3,(H,22,23,24). The third-order valence-corrected chi connectivity index (χ3v) is 6.46. The summed E-state index contributed by atoms with van der Waals surface area (Å²) in [4.78, 5) is 21.9. The van der Waals surface area contributed by atoms with Gasteiger partial charge in [0.25, 0.3) is 5.91 Å². The largest absolute Gasteiger partial charge is 0.298 e. The van der Waals surface area contributed by atoms with Crippen molar-refractivity contribution in [2.24, 2.45) is 0 Å². The van der Waals surface area contributed by atoms with Gasteiger partial charge >= 0.3 is 0 Å². The first-order valence-corrected chi connectivity index (χ1v) is 11.2. The highest BCUT2D eigenvalue weighted by atomic mass is 32.2. The van der Waals surface area contributed by atoms with Crippen LogP contribution in [0.2, 0.25) is 0 Å². The molecule has 0 spiro atoms. The van der Waals surface area contributed by atoms with E-state index in [4.69, 9.17) is 0 Å². The van der Waals surface area contributed by atoms with Crippen molar-refractivity contribution in [3.63, 3.8) is 0 Å². The van der Waals surface area contributed by atoms with Crippen LogP contribution in [-0.4, -0.2) is 30.5 Å². The van der Waals surface area contributed by atoms with E-state index in [2.05, 4.69) is 15.3 Å². The second-order valence-electron chi connectivity index (χ2n) is 6.69. The highest BCUT2D eigenvalue weighted by Gasteiger charge is 2.15. The van der Waals surface area contributed by atoms with Crippen LogP contribution >= 0.6 is 11.3 Å². The monoisotopic (exact) mass is 411 g/mol. The fraction of sp³-hybridized carbons (Fsp3) is 0.150. The van der Waals surface area contributed by atoms with E-state index in [9.17, 15) is 13.2 Å². The van der Waals surface area contributed by atoms with E-state index < -0.39 is 9.84 Å². The first-order valence-electron chi connectivity index (χ1n) is 8.51. The van der Waals surface area contributed by atoms with Gasteiger partial charge in [0.2, 0.25) is 0 Å². The van der Waals surface area contributed by atoms with Crippen LogP contribution in [0.3, 0.4) is 0 Å². The molecule has 2 aromatic heterocycles. The van der Waals surface area contributed by atoms with Gasteiger partial charge in [-0.2, -0.15) is 0 Å². The number of nitrogens with one attached hydrogen (secondary N) is 1. The number of carbonyl (C=O) groups is 1. The van der Waals surface area contributed by atoms with Crippen LogP contribution in [0, 0.1) is 13.8 Å². The predicted octanol–water partition coefficient (Wildman–Crippen LogP) is 4.12. The summed E-state index contributed by atoms with van der Waals surface area (Å²) in [7, 11) is -3.30. The number of hydrogen-bond donors (Lipinski definition) is 1. The Kier molecular flexibility index (Phi) is 4.40. The number of thiazole rings is 1. The van der Waals surface area contributed by atoms with Gasteiger partial charge in [-0.15, -0.1) is 0 Å². The molecule has 0 saturated carbocycles. The average Bonchev–Trinajstić information content (AvgIpc) is 3.02. The quantitative estimate of drug-likeness (QED) is 0.548. The maximum Gasteiger partial charge on any atom is 0.259 e. The minimum Gasteiger partial charge on any atom is -0.298 e. The van der Waals surface area contributed by atoms with Crippen molar-refractivity contribution < 1.29 is 13.2 Å². The van der Waals surface area contributed by atoms with Gasteiger partial charge in [0.05, 0.1) is 31.9 Å². The number of aromatic nitrogens is 2. The van der Waals surface area contributed by atoms with Crippen molar-refractivity contribution in [2.75, 3.05) is 11.6 Å². The second-order valence-corrected chi connectivity index (χ2v) is 9.74. The van der Waals surface area contributed by atoms with Crippen molar-refractivity contribution in [3.8, 4) is 0 Å². The Morgan fingerprint density at radius 1 is 1.00 bits per heavy atom. The molecule has 0 saturated heterocycles. The minimum atomic E-state index is -3.30. The molecule has 0 fully saturated rings. The van der Waals surface area contributed by atoms with E-state index in [0.29, 0.717) is 26.6 Å². The van der Waals surface area contributed by atoms with Crippen molar-refractivity contribution in [1.29, 1.82) is 0 Å². The molecule has 0 radical (unpaired) electrons. The number of amides is 1. The highest BCUT2D eigenvalue weighted by molar-refractivity contribution is 7.90. The molecule has 0 aliphatic carbocycles. The van der Waals surface area contributed by atoms with Gasteiger partial charge in [-0.3, -0.25) is 15.1 Å². The van der Waals surface area contributed by atoms with Crippen LogP contribution in [0.4, 0.5) is 5.13 Å². The lowest BCUT2D eigenvalue weighted by atomic mass is 10.1.